The standard InChI is InChI=1S/C12H18N4O3/c1-3-19-10-7-16(2)6-9(10)15-12(18)8-4-14-11(17)5-13-8/h4-5,9-10H,3,6-7H2,1-2H3,(H,14,17)(H,15,18)/t9-,10-/m0/s1. The van der Waals surface area contributed by atoms with E-state index in [4.69, 9.17) is 4.74 Å². The second-order valence-corrected chi connectivity index (χ2v) is 4.59. The molecule has 0 bridgehead atoms. The first kappa shape index (κ1) is 13.7. The predicted molar refractivity (Wildman–Crippen MR) is 69.0 cm³/mol. The molecular formula is C12H18N4O3. The molecule has 0 radical (unpaired) electrons. The number of amides is 1. The van der Waals surface area contributed by atoms with Crippen LogP contribution in [0, 0.1) is 0 Å². The second-order valence-electron chi connectivity index (χ2n) is 4.59. The normalized spacial score (nSPS) is 23.5. The Balaban J connectivity index is 2.01. The SMILES string of the molecule is CCO[C@H]1CN(C)C[C@@H]1NC(=O)c1c[nH]c(=O)cn1. The van der Waals surface area contributed by atoms with Gasteiger partial charge >= 0.3 is 0 Å². The first-order valence-electron chi connectivity index (χ1n) is 6.26. The number of likely N-dealkylation sites (tertiary alicyclic amines) is 1. The number of hydrogen-bond donors (Lipinski definition) is 2. The maximum Gasteiger partial charge on any atom is 0.271 e. The van der Waals surface area contributed by atoms with Crippen molar-refractivity contribution < 1.29 is 9.53 Å². The Bertz CT molecular complexity index is 481. The summed E-state index contributed by atoms with van der Waals surface area (Å²) in [6, 6.07) is -0.0637. The molecule has 2 N–H and O–H groups in total. The fourth-order valence-electron chi connectivity index (χ4n) is 2.19. The first-order valence-corrected chi connectivity index (χ1v) is 6.26. The molecule has 19 heavy (non-hydrogen) atoms. The lowest BCUT2D eigenvalue weighted by atomic mass is 10.2. The summed E-state index contributed by atoms with van der Waals surface area (Å²) in [6.45, 7) is 4.07. The molecule has 2 heterocycles. The van der Waals surface area contributed by atoms with E-state index in [0.717, 1.165) is 19.3 Å². The van der Waals surface area contributed by atoms with Crippen molar-refractivity contribution >= 4 is 5.91 Å². The Morgan fingerprint density at radius 3 is 3.05 bits per heavy atom. The van der Waals surface area contributed by atoms with Gasteiger partial charge in [-0.2, -0.15) is 0 Å². The number of aromatic nitrogens is 2. The van der Waals surface area contributed by atoms with E-state index in [1.807, 2.05) is 14.0 Å². The molecule has 2 atom stereocenters. The van der Waals surface area contributed by atoms with Crippen molar-refractivity contribution in [1.82, 2.24) is 20.2 Å². The summed E-state index contributed by atoms with van der Waals surface area (Å²) in [5, 5.41) is 2.89. The predicted octanol–water partition coefficient (Wildman–Crippen LogP) is -0.781. The van der Waals surface area contributed by atoms with E-state index in [1.165, 1.54) is 6.20 Å². The van der Waals surface area contributed by atoms with Crippen LogP contribution in [-0.2, 0) is 4.74 Å². The summed E-state index contributed by atoms with van der Waals surface area (Å²) < 4.78 is 5.61. The van der Waals surface area contributed by atoms with Crippen LogP contribution >= 0.6 is 0 Å². The summed E-state index contributed by atoms with van der Waals surface area (Å²) in [6.07, 6.45) is 2.39. The summed E-state index contributed by atoms with van der Waals surface area (Å²) in [5.74, 6) is -0.304. The molecule has 0 saturated carbocycles. The lowest BCUT2D eigenvalue weighted by Gasteiger charge is -2.19. The zero-order valence-electron chi connectivity index (χ0n) is 11.0. The minimum Gasteiger partial charge on any atom is -0.375 e. The largest absolute Gasteiger partial charge is 0.375 e. The quantitative estimate of drug-likeness (QED) is 0.746. The Morgan fingerprint density at radius 2 is 2.42 bits per heavy atom. The molecule has 1 fully saturated rings. The number of likely N-dealkylation sites (N-methyl/N-ethyl adjacent to an activating group) is 1. The third-order valence-electron chi connectivity index (χ3n) is 3.05. The Morgan fingerprint density at radius 1 is 1.63 bits per heavy atom. The van der Waals surface area contributed by atoms with Gasteiger partial charge < -0.3 is 19.9 Å². The molecule has 1 saturated heterocycles. The van der Waals surface area contributed by atoms with Gasteiger partial charge in [0, 0.05) is 25.9 Å². The highest BCUT2D eigenvalue weighted by molar-refractivity contribution is 5.92. The number of nitrogens with one attached hydrogen (secondary N) is 2. The molecule has 1 aromatic heterocycles. The van der Waals surface area contributed by atoms with Gasteiger partial charge in [-0.05, 0) is 14.0 Å². The van der Waals surface area contributed by atoms with Crippen LogP contribution in [0.1, 0.15) is 17.4 Å². The minimum atomic E-state index is -0.329. The number of H-pyrrole nitrogens is 1. The molecule has 104 valence electrons. The number of ether oxygens (including phenoxy) is 1. The topological polar surface area (TPSA) is 87.3 Å². The van der Waals surface area contributed by atoms with Crippen LogP contribution in [-0.4, -0.2) is 59.7 Å². The molecule has 7 nitrogen and oxygen atoms in total. The third-order valence-corrected chi connectivity index (χ3v) is 3.05. The van der Waals surface area contributed by atoms with Crippen molar-refractivity contribution in [3.05, 3.63) is 28.4 Å². The van der Waals surface area contributed by atoms with E-state index in [1.54, 1.807) is 0 Å². The van der Waals surface area contributed by atoms with Gasteiger partial charge in [-0.25, -0.2) is 4.98 Å². The third kappa shape index (κ3) is 3.39. The van der Waals surface area contributed by atoms with Crippen molar-refractivity contribution in [2.75, 3.05) is 26.7 Å². The van der Waals surface area contributed by atoms with Crippen LogP contribution in [0.15, 0.2) is 17.2 Å². The van der Waals surface area contributed by atoms with Crippen LogP contribution in [0.5, 0.6) is 0 Å². The average molecular weight is 266 g/mol. The van der Waals surface area contributed by atoms with E-state index in [-0.39, 0.29) is 29.3 Å². The highest BCUT2D eigenvalue weighted by Gasteiger charge is 2.32. The monoisotopic (exact) mass is 266 g/mol. The zero-order valence-corrected chi connectivity index (χ0v) is 11.0. The lowest BCUT2D eigenvalue weighted by Crippen LogP contribution is -2.44. The lowest BCUT2D eigenvalue weighted by molar-refractivity contribution is 0.0512. The smallest absolute Gasteiger partial charge is 0.271 e. The average Bonchev–Trinajstić information content (AvgIpc) is 2.71. The summed E-state index contributed by atoms with van der Waals surface area (Å²) >= 11 is 0. The van der Waals surface area contributed by atoms with Gasteiger partial charge in [0.1, 0.15) is 5.69 Å². The van der Waals surface area contributed by atoms with Crippen molar-refractivity contribution in [2.24, 2.45) is 0 Å². The fourth-order valence-corrected chi connectivity index (χ4v) is 2.19. The number of carbonyl (C=O) groups is 1. The number of rotatable bonds is 4. The number of hydrogen-bond acceptors (Lipinski definition) is 5. The molecular weight excluding hydrogens is 248 g/mol. The number of nitrogens with zero attached hydrogens (tertiary/aromatic N) is 2. The molecule has 1 aromatic rings. The van der Waals surface area contributed by atoms with E-state index in [9.17, 15) is 9.59 Å². The van der Waals surface area contributed by atoms with Crippen LogP contribution in [0.4, 0.5) is 0 Å². The Hall–Kier alpha value is -1.73. The van der Waals surface area contributed by atoms with Gasteiger partial charge in [-0.3, -0.25) is 9.59 Å². The van der Waals surface area contributed by atoms with E-state index in [2.05, 4.69) is 20.2 Å². The van der Waals surface area contributed by atoms with Gasteiger partial charge in [-0.1, -0.05) is 0 Å². The van der Waals surface area contributed by atoms with Crippen molar-refractivity contribution in [3.8, 4) is 0 Å². The Labute approximate surface area is 111 Å². The van der Waals surface area contributed by atoms with E-state index in [0.29, 0.717) is 6.61 Å². The molecule has 0 unspecified atom stereocenters. The molecule has 1 amide bonds. The maximum absolute atomic E-state index is 12.0. The second kappa shape index (κ2) is 5.94. The fraction of sp³-hybridized carbons (Fsp3) is 0.583. The van der Waals surface area contributed by atoms with Crippen LogP contribution < -0.4 is 10.9 Å². The van der Waals surface area contributed by atoms with E-state index < -0.39 is 0 Å². The molecule has 7 heteroatoms. The minimum absolute atomic E-state index is 0.0123. The number of carbonyl (C=O) groups excluding carboxylic acids is 1. The Kier molecular flexibility index (Phi) is 4.28. The molecule has 0 aliphatic carbocycles. The van der Waals surface area contributed by atoms with Gasteiger partial charge in [0.15, 0.2) is 0 Å². The maximum atomic E-state index is 12.0. The van der Waals surface area contributed by atoms with Gasteiger partial charge in [0.2, 0.25) is 0 Å². The van der Waals surface area contributed by atoms with Gasteiger partial charge in [0.25, 0.3) is 11.5 Å². The zero-order chi connectivity index (χ0) is 13.8. The van der Waals surface area contributed by atoms with E-state index >= 15 is 0 Å². The summed E-state index contributed by atoms with van der Waals surface area (Å²) in [7, 11) is 1.98. The highest BCUT2D eigenvalue weighted by Crippen LogP contribution is 2.12. The van der Waals surface area contributed by atoms with Crippen LogP contribution in [0.25, 0.3) is 0 Å². The van der Waals surface area contributed by atoms with Crippen molar-refractivity contribution in [2.45, 2.75) is 19.1 Å². The van der Waals surface area contributed by atoms with Gasteiger partial charge in [0.05, 0.1) is 18.3 Å². The first-order chi connectivity index (χ1) is 9.10. The van der Waals surface area contributed by atoms with Crippen molar-refractivity contribution in [3.63, 3.8) is 0 Å². The summed E-state index contributed by atoms with van der Waals surface area (Å²) in [4.78, 5) is 31.2. The molecule has 0 spiro atoms. The van der Waals surface area contributed by atoms with Crippen molar-refractivity contribution in [1.29, 1.82) is 0 Å². The van der Waals surface area contributed by atoms with Crippen LogP contribution in [0.2, 0.25) is 0 Å². The molecule has 1 aliphatic heterocycles. The number of aromatic amines is 1. The van der Waals surface area contributed by atoms with Crippen LogP contribution in [0.3, 0.4) is 0 Å². The summed E-state index contributed by atoms with van der Waals surface area (Å²) in [5.41, 5.74) is -0.131. The molecule has 2 rings (SSSR count). The van der Waals surface area contributed by atoms with Gasteiger partial charge in [-0.15, -0.1) is 0 Å². The molecule has 1 aliphatic rings. The molecule has 0 aromatic carbocycles. The highest BCUT2D eigenvalue weighted by atomic mass is 16.5.